The Morgan fingerprint density at radius 2 is 1.88 bits per heavy atom. The molecule has 1 rings (SSSR count). The van der Waals surface area contributed by atoms with Crippen LogP contribution >= 0.6 is 0 Å². The molecular weight excluding hydrogens is 228 g/mol. The first kappa shape index (κ1) is 13.9. The summed E-state index contributed by atoms with van der Waals surface area (Å²) in [4.78, 5) is 0. The minimum atomic E-state index is -0.963. The van der Waals surface area contributed by atoms with Gasteiger partial charge in [0, 0.05) is 6.54 Å². The molecular formula is C12H17F2NO2. The van der Waals surface area contributed by atoms with E-state index in [4.69, 9.17) is 5.11 Å². The van der Waals surface area contributed by atoms with Gasteiger partial charge in [-0.15, -0.1) is 0 Å². The number of aliphatic hydroxyl groups is 1. The average Bonchev–Trinajstić information content (AvgIpc) is 2.31. The summed E-state index contributed by atoms with van der Waals surface area (Å²) in [5, 5.41) is 21.2. The quantitative estimate of drug-likeness (QED) is 0.671. The van der Waals surface area contributed by atoms with Gasteiger partial charge in [-0.2, -0.15) is 0 Å². The van der Waals surface area contributed by atoms with Crippen LogP contribution in [-0.2, 0) is 6.54 Å². The van der Waals surface area contributed by atoms with E-state index < -0.39 is 17.4 Å². The number of nitrogens with one attached hydrogen (secondary N) is 1. The van der Waals surface area contributed by atoms with Crippen molar-refractivity contribution in [3.63, 3.8) is 0 Å². The molecule has 96 valence electrons. The highest BCUT2D eigenvalue weighted by molar-refractivity contribution is 5.29. The van der Waals surface area contributed by atoms with E-state index in [0.29, 0.717) is 31.5 Å². The number of phenolic OH excluding ortho intramolecular Hbond substituents is 1. The van der Waals surface area contributed by atoms with Crippen LogP contribution in [0.4, 0.5) is 8.78 Å². The van der Waals surface area contributed by atoms with Crippen molar-refractivity contribution >= 4 is 0 Å². The van der Waals surface area contributed by atoms with E-state index in [1.165, 1.54) is 0 Å². The molecule has 1 atom stereocenters. The standard InChI is InChI=1S/C12H17F2NO2/c1-2-9(16)3-4-15-7-8-5-10(13)12(17)11(14)6-8/h5-6,9,15-17H,2-4,7H2,1H3. The van der Waals surface area contributed by atoms with E-state index in [-0.39, 0.29) is 6.10 Å². The zero-order chi connectivity index (χ0) is 12.8. The molecule has 0 saturated carbocycles. The van der Waals surface area contributed by atoms with Gasteiger partial charge < -0.3 is 15.5 Å². The van der Waals surface area contributed by atoms with Crippen molar-refractivity contribution in [2.45, 2.75) is 32.4 Å². The maximum atomic E-state index is 13.0. The Balaban J connectivity index is 2.42. The van der Waals surface area contributed by atoms with Crippen molar-refractivity contribution in [3.05, 3.63) is 29.3 Å². The maximum Gasteiger partial charge on any atom is 0.187 e. The predicted octanol–water partition coefficient (Wildman–Crippen LogP) is 1.92. The number of hydrogen-bond donors (Lipinski definition) is 3. The first-order valence-corrected chi connectivity index (χ1v) is 5.60. The molecule has 3 nitrogen and oxygen atoms in total. The van der Waals surface area contributed by atoms with Gasteiger partial charge in [-0.1, -0.05) is 6.92 Å². The fourth-order valence-corrected chi connectivity index (χ4v) is 1.43. The molecule has 3 N–H and O–H groups in total. The van der Waals surface area contributed by atoms with Gasteiger partial charge in [0.1, 0.15) is 0 Å². The van der Waals surface area contributed by atoms with Crippen LogP contribution in [0.25, 0.3) is 0 Å². The van der Waals surface area contributed by atoms with Crippen molar-refractivity contribution in [3.8, 4) is 5.75 Å². The number of hydrogen-bond acceptors (Lipinski definition) is 3. The van der Waals surface area contributed by atoms with E-state index in [1.807, 2.05) is 6.92 Å². The van der Waals surface area contributed by atoms with Crippen molar-refractivity contribution in [1.82, 2.24) is 5.32 Å². The van der Waals surface area contributed by atoms with Gasteiger partial charge in [0.15, 0.2) is 17.4 Å². The van der Waals surface area contributed by atoms with Crippen LogP contribution in [0.3, 0.4) is 0 Å². The summed E-state index contributed by atoms with van der Waals surface area (Å²) in [7, 11) is 0. The molecule has 0 aliphatic heterocycles. The third-order valence-electron chi connectivity index (χ3n) is 2.53. The molecule has 0 aliphatic rings. The number of halogens is 2. The zero-order valence-corrected chi connectivity index (χ0v) is 9.71. The van der Waals surface area contributed by atoms with E-state index in [2.05, 4.69) is 5.32 Å². The molecule has 5 heteroatoms. The highest BCUT2D eigenvalue weighted by atomic mass is 19.1. The molecule has 0 aliphatic carbocycles. The van der Waals surface area contributed by atoms with E-state index >= 15 is 0 Å². The highest BCUT2D eigenvalue weighted by Crippen LogP contribution is 2.21. The number of benzene rings is 1. The monoisotopic (exact) mass is 245 g/mol. The van der Waals surface area contributed by atoms with Gasteiger partial charge in [0.25, 0.3) is 0 Å². The second-order valence-electron chi connectivity index (χ2n) is 3.94. The summed E-state index contributed by atoms with van der Waals surface area (Å²) in [6.45, 7) is 2.75. The number of aliphatic hydroxyl groups excluding tert-OH is 1. The topological polar surface area (TPSA) is 52.5 Å². The minimum absolute atomic E-state index is 0.296. The molecule has 0 saturated heterocycles. The smallest absolute Gasteiger partial charge is 0.187 e. The molecule has 0 fully saturated rings. The molecule has 0 radical (unpaired) electrons. The summed E-state index contributed by atoms with van der Waals surface area (Å²) >= 11 is 0. The fraction of sp³-hybridized carbons (Fsp3) is 0.500. The van der Waals surface area contributed by atoms with Crippen molar-refractivity contribution in [1.29, 1.82) is 0 Å². The average molecular weight is 245 g/mol. The van der Waals surface area contributed by atoms with Crippen LogP contribution in [0.15, 0.2) is 12.1 Å². The Hall–Kier alpha value is -1.20. The summed E-state index contributed by atoms with van der Waals surface area (Å²) < 4.78 is 25.9. The lowest BCUT2D eigenvalue weighted by molar-refractivity contribution is 0.159. The second-order valence-corrected chi connectivity index (χ2v) is 3.94. The molecule has 17 heavy (non-hydrogen) atoms. The Morgan fingerprint density at radius 3 is 2.41 bits per heavy atom. The summed E-state index contributed by atoms with van der Waals surface area (Å²) in [5.41, 5.74) is 0.420. The third-order valence-corrected chi connectivity index (χ3v) is 2.53. The number of aromatic hydroxyl groups is 1. The molecule has 0 amide bonds. The number of phenols is 1. The molecule has 1 aromatic rings. The van der Waals surface area contributed by atoms with Crippen LogP contribution in [0, 0.1) is 11.6 Å². The SMILES string of the molecule is CCC(O)CCNCc1cc(F)c(O)c(F)c1. The van der Waals surface area contributed by atoms with Crippen LogP contribution in [0.1, 0.15) is 25.3 Å². The molecule has 0 spiro atoms. The molecule has 0 aromatic heterocycles. The minimum Gasteiger partial charge on any atom is -0.503 e. The van der Waals surface area contributed by atoms with Crippen molar-refractivity contribution < 1.29 is 19.0 Å². The van der Waals surface area contributed by atoms with Gasteiger partial charge in [-0.05, 0) is 37.1 Å². The van der Waals surface area contributed by atoms with Crippen LogP contribution in [-0.4, -0.2) is 22.9 Å². The Kier molecular flexibility index (Phi) is 5.31. The lowest BCUT2D eigenvalue weighted by Gasteiger charge is -2.09. The van der Waals surface area contributed by atoms with E-state index in [1.54, 1.807) is 0 Å². The molecule has 0 heterocycles. The molecule has 1 unspecified atom stereocenters. The maximum absolute atomic E-state index is 13.0. The molecule has 1 aromatic carbocycles. The lowest BCUT2D eigenvalue weighted by atomic mass is 10.2. The van der Waals surface area contributed by atoms with E-state index in [9.17, 15) is 13.9 Å². The van der Waals surface area contributed by atoms with Crippen LogP contribution in [0.2, 0.25) is 0 Å². The summed E-state index contributed by atoms with van der Waals surface area (Å²) in [6, 6.07) is 2.17. The van der Waals surface area contributed by atoms with Crippen LogP contribution < -0.4 is 5.32 Å². The van der Waals surface area contributed by atoms with Gasteiger partial charge in [-0.3, -0.25) is 0 Å². The zero-order valence-electron chi connectivity index (χ0n) is 9.71. The summed E-state index contributed by atoms with van der Waals surface area (Å²) in [6.07, 6.45) is 0.930. The van der Waals surface area contributed by atoms with E-state index in [0.717, 1.165) is 12.1 Å². The summed E-state index contributed by atoms with van der Waals surface area (Å²) in [5.74, 6) is -2.87. The van der Waals surface area contributed by atoms with Gasteiger partial charge in [0.05, 0.1) is 6.10 Å². The Morgan fingerprint density at radius 1 is 1.29 bits per heavy atom. The highest BCUT2D eigenvalue weighted by Gasteiger charge is 2.09. The molecule has 0 bridgehead atoms. The fourth-order valence-electron chi connectivity index (χ4n) is 1.43. The van der Waals surface area contributed by atoms with Crippen LogP contribution in [0.5, 0.6) is 5.75 Å². The van der Waals surface area contributed by atoms with Crippen molar-refractivity contribution in [2.24, 2.45) is 0 Å². The largest absolute Gasteiger partial charge is 0.503 e. The Bertz CT molecular complexity index is 349. The first-order chi connectivity index (χ1) is 8.04. The predicted molar refractivity (Wildman–Crippen MR) is 60.6 cm³/mol. The number of rotatable bonds is 6. The normalized spacial score (nSPS) is 12.7. The first-order valence-electron chi connectivity index (χ1n) is 5.60. The van der Waals surface area contributed by atoms with Gasteiger partial charge in [0.2, 0.25) is 0 Å². The second kappa shape index (κ2) is 6.51. The van der Waals surface area contributed by atoms with Crippen molar-refractivity contribution in [2.75, 3.05) is 6.54 Å². The van der Waals surface area contributed by atoms with Gasteiger partial charge in [-0.25, -0.2) is 8.78 Å². The third kappa shape index (κ3) is 4.28. The lowest BCUT2D eigenvalue weighted by Crippen LogP contribution is -2.19. The van der Waals surface area contributed by atoms with Gasteiger partial charge >= 0.3 is 0 Å². The Labute approximate surface area is 99.1 Å².